The van der Waals surface area contributed by atoms with Crippen LogP contribution in [-0.2, 0) is 20.7 Å². The van der Waals surface area contributed by atoms with Gasteiger partial charge in [0.1, 0.15) is 5.60 Å². The Kier molecular flexibility index (Phi) is 5.89. The summed E-state index contributed by atoms with van der Waals surface area (Å²) in [5.74, 6) is -0.435. The summed E-state index contributed by atoms with van der Waals surface area (Å²) in [5, 5.41) is 0. The number of nitrogens with zero attached hydrogens (tertiary/aromatic N) is 2. The molecule has 0 N–H and O–H groups in total. The first-order chi connectivity index (χ1) is 16.8. The van der Waals surface area contributed by atoms with Crippen LogP contribution in [0.5, 0.6) is 0 Å². The van der Waals surface area contributed by atoms with Crippen molar-refractivity contribution >= 4 is 29.3 Å². The summed E-state index contributed by atoms with van der Waals surface area (Å²) in [6.07, 6.45) is 0.568. The van der Waals surface area contributed by atoms with Crippen molar-refractivity contribution in [2.45, 2.75) is 44.6 Å². The number of hydrogen-bond acceptors (Lipinski definition) is 4. The van der Waals surface area contributed by atoms with Gasteiger partial charge in [-0.05, 0) is 49.1 Å². The molecule has 0 aromatic heterocycles. The lowest BCUT2D eigenvalue weighted by Crippen LogP contribution is -2.50. The summed E-state index contributed by atoms with van der Waals surface area (Å²) in [7, 11) is 0. The van der Waals surface area contributed by atoms with Crippen molar-refractivity contribution in [1.29, 1.82) is 0 Å². The molecule has 1 unspecified atom stereocenters. The number of rotatable bonds is 4. The minimum absolute atomic E-state index is 0.00192. The van der Waals surface area contributed by atoms with E-state index < -0.39 is 11.7 Å². The summed E-state index contributed by atoms with van der Waals surface area (Å²) >= 11 is 0. The lowest BCUT2D eigenvalue weighted by atomic mass is 9.84. The first-order valence-corrected chi connectivity index (χ1v) is 11.9. The van der Waals surface area contributed by atoms with Crippen molar-refractivity contribution in [2.75, 3.05) is 16.3 Å². The monoisotopic (exact) mass is 468 g/mol. The number of aryl methyl sites for hydroxylation is 1. The smallest absolute Gasteiger partial charge is 0.421 e. The van der Waals surface area contributed by atoms with Gasteiger partial charge in [-0.1, -0.05) is 66.7 Å². The molecule has 0 aliphatic carbocycles. The number of benzene rings is 3. The highest BCUT2D eigenvalue weighted by molar-refractivity contribution is 6.14. The molecule has 35 heavy (non-hydrogen) atoms. The largest absolute Gasteiger partial charge is 0.441 e. The molecule has 5 rings (SSSR count). The summed E-state index contributed by atoms with van der Waals surface area (Å²) < 4.78 is 5.88. The van der Waals surface area contributed by atoms with E-state index in [9.17, 15) is 14.4 Å². The third kappa shape index (κ3) is 4.44. The summed E-state index contributed by atoms with van der Waals surface area (Å²) in [6.45, 7) is 3.73. The molecule has 178 valence electrons. The Labute approximate surface area is 205 Å². The summed E-state index contributed by atoms with van der Waals surface area (Å²) in [5.41, 5.74) is 3.41. The fraction of sp³-hybridized carbons (Fsp3) is 0.276. The molecule has 0 saturated carbocycles. The van der Waals surface area contributed by atoms with Crippen LogP contribution in [0.2, 0.25) is 0 Å². The van der Waals surface area contributed by atoms with Gasteiger partial charge in [0.2, 0.25) is 11.8 Å². The molecule has 0 radical (unpaired) electrons. The lowest BCUT2D eigenvalue weighted by molar-refractivity contribution is -0.120. The number of fused-ring (bicyclic) bond motifs is 2. The Hall–Kier alpha value is -3.93. The third-order valence-corrected chi connectivity index (χ3v) is 6.66. The van der Waals surface area contributed by atoms with Crippen LogP contribution in [0, 0.1) is 0 Å². The minimum Gasteiger partial charge on any atom is -0.441 e. The van der Waals surface area contributed by atoms with Gasteiger partial charge in [-0.3, -0.25) is 9.59 Å². The van der Waals surface area contributed by atoms with Crippen LogP contribution in [0.25, 0.3) is 0 Å². The van der Waals surface area contributed by atoms with Crippen LogP contribution < -0.4 is 9.80 Å². The second-order valence-electron chi connectivity index (χ2n) is 9.69. The number of imide groups is 1. The molecule has 3 aromatic rings. The summed E-state index contributed by atoms with van der Waals surface area (Å²) in [6, 6.07) is 25.1. The van der Waals surface area contributed by atoms with E-state index in [1.54, 1.807) is 24.8 Å². The highest BCUT2D eigenvalue weighted by Gasteiger charge is 2.39. The van der Waals surface area contributed by atoms with Crippen molar-refractivity contribution in [3.8, 4) is 0 Å². The van der Waals surface area contributed by atoms with E-state index in [0.29, 0.717) is 18.5 Å². The van der Waals surface area contributed by atoms with Crippen LogP contribution in [0.3, 0.4) is 0 Å². The molecule has 2 aliphatic rings. The fourth-order valence-corrected chi connectivity index (χ4v) is 5.04. The van der Waals surface area contributed by atoms with Crippen molar-refractivity contribution < 1.29 is 19.1 Å². The third-order valence-electron chi connectivity index (χ3n) is 6.66. The van der Waals surface area contributed by atoms with Gasteiger partial charge >= 0.3 is 6.09 Å². The number of anilines is 2. The van der Waals surface area contributed by atoms with Gasteiger partial charge in [-0.2, -0.15) is 0 Å². The predicted octanol–water partition coefficient (Wildman–Crippen LogP) is 5.45. The Morgan fingerprint density at radius 3 is 2.29 bits per heavy atom. The molecule has 0 saturated heterocycles. The highest BCUT2D eigenvalue weighted by Crippen LogP contribution is 2.40. The Morgan fingerprint density at radius 2 is 1.51 bits per heavy atom. The SMILES string of the molecule is CC(C)(CN1C(=O)CCc2ccccc21)OC(=O)N1C(=O)CC(c2ccccc2)c2ccccc21. The average molecular weight is 469 g/mol. The van der Waals surface area contributed by atoms with Gasteiger partial charge in [0.25, 0.3) is 0 Å². The molecule has 2 heterocycles. The topological polar surface area (TPSA) is 66.9 Å². The fourth-order valence-electron chi connectivity index (χ4n) is 5.04. The molecule has 1 atom stereocenters. The van der Waals surface area contributed by atoms with E-state index >= 15 is 0 Å². The molecular formula is C29H28N2O4. The Bertz CT molecular complexity index is 1280. The number of carbonyl (C=O) groups excluding carboxylic acids is 3. The molecule has 6 nitrogen and oxygen atoms in total. The van der Waals surface area contributed by atoms with Crippen LogP contribution in [0.4, 0.5) is 16.2 Å². The van der Waals surface area contributed by atoms with E-state index in [2.05, 4.69) is 0 Å². The highest BCUT2D eigenvalue weighted by atomic mass is 16.6. The number of hydrogen-bond donors (Lipinski definition) is 0. The molecule has 3 aromatic carbocycles. The number of para-hydroxylation sites is 2. The molecule has 2 aliphatic heterocycles. The zero-order valence-corrected chi connectivity index (χ0v) is 19.9. The van der Waals surface area contributed by atoms with Crippen molar-refractivity contribution in [1.82, 2.24) is 0 Å². The van der Waals surface area contributed by atoms with Gasteiger partial charge in [0.05, 0.1) is 12.2 Å². The number of ether oxygens (including phenoxy) is 1. The zero-order valence-electron chi connectivity index (χ0n) is 19.9. The van der Waals surface area contributed by atoms with Crippen molar-refractivity contribution in [2.24, 2.45) is 0 Å². The van der Waals surface area contributed by atoms with Crippen LogP contribution in [0.1, 0.15) is 49.3 Å². The first-order valence-electron chi connectivity index (χ1n) is 11.9. The van der Waals surface area contributed by atoms with Gasteiger partial charge in [0, 0.05) is 24.4 Å². The zero-order chi connectivity index (χ0) is 24.6. The quantitative estimate of drug-likeness (QED) is 0.511. The molecule has 3 amide bonds. The van der Waals surface area contributed by atoms with Crippen molar-refractivity contribution in [3.63, 3.8) is 0 Å². The maximum Gasteiger partial charge on any atom is 0.421 e. The van der Waals surface area contributed by atoms with E-state index in [1.165, 1.54) is 0 Å². The van der Waals surface area contributed by atoms with Gasteiger partial charge in [0.15, 0.2) is 0 Å². The predicted molar refractivity (Wildman–Crippen MR) is 135 cm³/mol. The number of amides is 3. The second-order valence-corrected chi connectivity index (χ2v) is 9.69. The molecule has 0 spiro atoms. The maximum atomic E-state index is 13.4. The molecule has 0 fully saturated rings. The maximum absolute atomic E-state index is 13.4. The summed E-state index contributed by atoms with van der Waals surface area (Å²) in [4.78, 5) is 42.2. The molecular weight excluding hydrogens is 440 g/mol. The average Bonchev–Trinajstić information content (AvgIpc) is 2.85. The van der Waals surface area contributed by atoms with E-state index in [-0.39, 0.29) is 30.7 Å². The van der Waals surface area contributed by atoms with Crippen LogP contribution in [-0.4, -0.2) is 30.1 Å². The number of carbonyl (C=O) groups is 3. The van der Waals surface area contributed by atoms with Crippen molar-refractivity contribution in [3.05, 3.63) is 95.6 Å². The Morgan fingerprint density at radius 1 is 0.857 bits per heavy atom. The van der Waals surface area contributed by atoms with E-state index in [0.717, 1.165) is 27.3 Å². The van der Waals surface area contributed by atoms with Crippen LogP contribution >= 0.6 is 0 Å². The van der Waals surface area contributed by atoms with E-state index in [4.69, 9.17) is 4.74 Å². The second kappa shape index (κ2) is 9.02. The molecule has 6 heteroatoms. The van der Waals surface area contributed by atoms with Gasteiger partial charge < -0.3 is 9.64 Å². The van der Waals surface area contributed by atoms with Gasteiger partial charge in [-0.15, -0.1) is 0 Å². The van der Waals surface area contributed by atoms with Crippen LogP contribution in [0.15, 0.2) is 78.9 Å². The Balaban J connectivity index is 1.39. The van der Waals surface area contributed by atoms with E-state index in [1.807, 2.05) is 72.8 Å². The normalized spacial score (nSPS) is 17.6. The first kappa shape index (κ1) is 22.8. The van der Waals surface area contributed by atoms with Gasteiger partial charge in [-0.25, -0.2) is 9.69 Å². The standard InChI is InChI=1S/C29H28N2O4/c1-29(2,19-30-24-14-8-6-12-21(24)16-17-26(30)32)35-28(34)31-25-15-9-7-13-22(25)23(18-27(31)33)20-10-4-3-5-11-20/h3-15,23H,16-19H2,1-2H3. The molecule has 0 bridgehead atoms. The minimum atomic E-state index is -1.01. The lowest BCUT2D eigenvalue weighted by Gasteiger charge is -2.38.